The highest BCUT2D eigenvalue weighted by molar-refractivity contribution is 7.81. The van der Waals surface area contributed by atoms with Crippen molar-refractivity contribution in [3.63, 3.8) is 0 Å². The Labute approximate surface area is 181 Å². The van der Waals surface area contributed by atoms with Gasteiger partial charge in [0.1, 0.15) is 14.9 Å². The van der Waals surface area contributed by atoms with Crippen molar-refractivity contribution < 1.29 is 19.1 Å². The Hall–Kier alpha value is -3.11. The number of thiophene rings is 1. The number of anilines is 1. The summed E-state index contributed by atoms with van der Waals surface area (Å²) < 4.78 is 10.2. The third-order valence-electron chi connectivity index (χ3n) is 4.14. The number of ether oxygens (including phenoxy) is 2. The average molecular weight is 446 g/mol. The van der Waals surface area contributed by atoms with Crippen LogP contribution in [-0.4, -0.2) is 40.1 Å². The number of aromatic amines is 1. The van der Waals surface area contributed by atoms with Crippen molar-refractivity contribution in [2.75, 3.05) is 18.5 Å². The zero-order valence-corrected chi connectivity index (χ0v) is 18.2. The summed E-state index contributed by atoms with van der Waals surface area (Å²) in [6.45, 7) is 5.40. The largest absolute Gasteiger partial charge is 0.462 e. The number of rotatable bonds is 6. The lowest BCUT2D eigenvalue weighted by Crippen LogP contribution is -2.21. The van der Waals surface area contributed by atoms with Crippen LogP contribution in [0.4, 0.5) is 5.00 Å². The third-order valence-corrected chi connectivity index (χ3v) is 5.62. The minimum absolute atomic E-state index is 0.0973. The third kappa shape index (κ3) is 4.24. The minimum atomic E-state index is -0.591. The summed E-state index contributed by atoms with van der Waals surface area (Å²) in [5.74, 6) is -0.985. The molecule has 0 fully saturated rings. The number of H-pyrrole nitrogens is 1. The Morgan fingerprint density at radius 3 is 2.53 bits per heavy atom. The Morgan fingerprint density at radius 1 is 1.17 bits per heavy atom. The maximum atomic E-state index is 12.5. The standard InChI is InChI=1S/C20H19N3O5S2/c1-4-27-19(25)13-10(3)14(20(26)28-5-2)30-18(13)23-17(29)15-21-12-9-7-6-8-11(12)16(24)22-15/h6-9H,4-5H2,1-3H3,(H,23,29)(H,21,22,24). The van der Waals surface area contributed by atoms with Crippen molar-refractivity contribution in [1.82, 2.24) is 9.97 Å². The van der Waals surface area contributed by atoms with Gasteiger partial charge in [-0.3, -0.25) is 4.79 Å². The molecule has 0 atom stereocenters. The van der Waals surface area contributed by atoms with Gasteiger partial charge in [-0.05, 0) is 38.5 Å². The summed E-state index contributed by atoms with van der Waals surface area (Å²) in [6.07, 6.45) is 0. The quantitative estimate of drug-likeness (QED) is 0.439. The molecule has 156 valence electrons. The number of aromatic nitrogens is 2. The predicted octanol–water partition coefficient (Wildman–Crippen LogP) is 3.43. The molecule has 0 unspecified atom stereocenters. The maximum absolute atomic E-state index is 12.5. The molecule has 0 aliphatic rings. The summed E-state index contributed by atoms with van der Waals surface area (Å²) >= 11 is 6.43. The number of benzene rings is 1. The summed E-state index contributed by atoms with van der Waals surface area (Å²) in [5, 5.41) is 3.68. The van der Waals surface area contributed by atoms with E-state index in [1.807, 2.05) is 0 Å². The van der Waals surface area contributed by atoms with E-state index in [0.29, 0.717) is 21.5 Å². The van der Waals surface area contributed by atoms with Gasteiger partial charge in [-0.2, -0.15) is 0 Å². The molecule has 2 heterocycles. The SMILES string of the molecule is CCOC(=O)c1sc(NC(=S)c2nc3ccccc3c(=O)[nH]2)c(C(=O)OCC)c1C. The normalized spacial score (nSPS) is 10.6. The number of thiocarbonyl (C=S) groups is 1. The van der Waals surface area contributed by atoms with E-state index in [1.165, 1.54) is 0 Å². The molecule has 0 saturated carbocycles. The number of carbonyl (C=O) groups excluding carboxylic acids is 2. The molecule has 0 aliphatic carbocycles. The van der Waals surface area contributed by atoms with Gasteiger partial charge in [0.15, 0.2) is 5.82 Å². The van der Waals surface area contributed by atoms with Gasteiger partial charge >= 0.3 is 11.9 Å². The highest BCUT2D eigenvalue weighted by Crippen LogP contribution is 2.34. The highest BCUT2D eigenvalue weighted by Gasteiger charge is 2.27. The van der Waals surface area contributed by atoms with Crippen LogP contribution in [0.25, 0.3) is 10.9 Å². The maximum Gasteiger partial charge on any atom is 0.348 e. The summed E-state index contributed by atoms with van der Waals surface area (Å²) in [7, 11) is 0. The van der Waals surface area contributed by atoms with E-state index >= 15 is 0 Å². The molecule has 8 nitrogen and oxygen atoms in total. The molecule has 0 saturated heterocycles. The minimum Gasteiger partial charge on any atom is -0.462 e. The number of esters is 2. The summed E-state index contributed by atoms with van der Waals surface area (Å²) in [6, 6.07) is 6.87. The van der Waals surface area contributed by atoms with Crippen LogP contribution in [0.5, 0.6) is 0 Å². The lowest BCUT2D eigenvalue weighted by Gasteiger charge is -2.09. The van der Waals surface area contributed by atoms with Crippen LogP contribution in [-0.2, 0) is 9.47 Å². The molecule has 1 aromatic carbocycles. The first-order valence-electron chi connectivity index (χ1n) is 9.15. The van der Waals surface area contributed by atoms with Crippen LogP contribution in [0, 0.1) is 6.92 Å². The van der Waals surface area contributed by atoms with Gasteiger partial charge in [0.25, 0.3) is 5.56 Å². The van der Waals surface area contributed by atoms with E-state index in [4.69, 9.17) is 21.7 Å². The fourth-order valence-corrected chi connectivity index (χ4v) is 4.15. The van der Waals surface area contributed by atoms with Crippen LogP contribution in [0.15, 0.2) is 29.1 Å². The lowest BCUT2D eigenvalue weighted by molar-refractivity contribution is 0.0527. The number of hydrogen-bond acceptors (Lipinski definition) is 8. The van der Waals surface area contributed by atoms with E-state index in [9.17, 15) is 14.4 Å². The fourth-order valence-electron chi connectivity index (χ4n) is 2.80. The van der Waals surface area contributed by atoms with Crippen molar-refractivity contribution in [2.24, 2.45) is 0 Å². The monoisotopic (exact) mass is 445 g/mol. The zero-order chi connectivity index (χ0) is 21.8. The van der Waals surface area contributed by atoms with Crippen LogP contribution in [0.2, 0.25) is 0 Å². The Balaban J connectivity index is 2.01. The molecule has 0 bridgehead atoms. The van der Waals surface area contributed by atoms with Crippen LogP contribution < -0.4 is 10.9 Å². The van der Waals surface area contributed by atoms with Crippen LogP contribution >= 0.6 is 23.6 Å². The molecule has 2 aromatic heterocycles. The molecule has 0 amide bonds. The lowest BCUT2D eigenvalue weighted by atomic mass is 10.1. The van der Waals surface area contributed by atoms with Gasteiger partial charge in [0.2, 0.25) is 0 Å². The molecule has 30 heavy (non-hydrogen) atoms. The van der Waals surface area contributed by atoms with Crippen molar-refractivity contribution in [1.29, 1.82) is 0 Å². The van der Waals surface area contributed by atoms with E-state index in [2.05, 4.69) is 15.3 Å². The van der Waals surface area contributed by atoms with Crippen molar-refractivity contribution in [2.45, 2.75) is 20.8 Å². The number of nitrogens with one attached hydrogen (secondary N) is 2. The Kier molecular flexibility index (Phi) is 6.58. The van der Waals surface area contributed by atoms with Gasteiger partial charge in [-0.15, -0.1) is 11.3 Å². The molecular weight excluding hydrogens is 426 g/mol. The van der Waals surface area contributed by atoms with Gasteiger partial charge in [-0.25, -0.2) is 14.6 Å². The fraction of sp³-hybridized carbons (Fsp3) is 0.250. The van der Waals surface area contributed by atoms with Crippen LogP contribution in [0.3, 0.4) is 0 Å². The smallest absolute Gasteiger partial charge is 0.348 e. The molecule has 3 rings (SSSR count). The number of carbonyl (C=O) groups is 2. The van der Waals surface area contributed by atoms with E-state index in [1.54, 1.807) is 45.0 Å². The summed E-state index contributed by atoms with van der Waals surface area (Å²) in [4.78, 5) is 44.5. The summed E-state index contributed by atoms with van der Waals surface area (Å²) in [5.41, 5.74) is 0.776. The second kappa shape index (κ2) is 9.14. The van der Waals surface area contributed by atoms with Gasteiger partial charge in [-0.1, -0.05) is 24.4 Å². The van der Waals surface area contributed by atoms with Gasteiger partial charge < -0.3 is 19.8 Å². The molecular formula is C20H19N3O5S2. The molecule has 10 heteroatoms. The van der Waals surface area contributed by atoms with Crippen molar-refractivity contribution in [3.05, 3.63) is 56.4 Å². The second-order valence-corrected chi connectivity index (χ2v) is 7.52. The second-order valence-electron chi connectivity index (χ2n) is 6.09. The van der Waals surface area contributed by atoms with Gasteiger partial charge in [0.05, 0.1) is 29.7 Å². The molecule has 3 aromatic rings. The topological polar surface area (TPSA) is 110 Å². The molecule has 0 aliphatic heterocycles. The van der Waals surface area contributed by atoms with Crippen molar-refractivity contribution in [3.8, 4) is 0 Å². The Bertz CT molecular complexity index is 1200. The first kappa shape index (κ1) is 21.6. The van der Waals surface area contributed by atoms with Crippen LogP contribution in [0.1, 0.15) is 45.3 Å². The molecule has 2 N–H and O–H groups in total. The zero-order valence-electron chi connectivity index (χ0n) is 16.5. The average Bonchev–Trinajstić information content (AvgIpc) is 3.04. The first-order valence-corrected chi connectivity index (χ1v) is 10.4. The molecule has 0 spiro atoms. The van der Waals surface area contributed by atoms with Crippen molar-refractivity contribution >= 4 is 56.4 Å². The van der Waals surface area contributed by atoms with E-state index < -0.39 is 11.9 Å². The number of para-hydroxylation sites is 1. The number of hydrogen-bond donors (Lipinski definition) is 2. The molecule has 0 radical (unpaired) electrons. The van der Waals surface area contributed by atoms with E-state index in [0.717, 1.165) is 11.3 Å². The predicted molar refractivity (Wildman–Crippen MR) is 119 cm³/mol. The first-order chi connectivity index (χ1) is 14.4. The Morgan fingerprint density at radius 2 is 1.83 bits per heavy atom. The van der Waals surface area contributed by atoms with E-state index in [-0.39, 0.29) is 40.0 Å². The highest BCUT2D eigenvalue weighted by atomic mass is 32.1. The number of fused-ring (bicyclic) bond motifs is 1. The number of nitrogens with zero attached hydrogens (tertiary/aromatic N) is 1. The van der Waals surface area contributed by atoms with Gasteiger partial charge in [0, 0.05) is 0 Å².